The Balaban J connectivity index is 2.66. The van der Waals surface area contributed by atoms with E-state index in [0.717, 1.165) is 31.6 Å². The van der Waals surface area contributed by atoms with Crippen LogP contribution in [-0.2, 0) is 6.54 Å². The van der Waals surface area contributed by atoms with Crippen LogP contribution in [0.2, 0.25) is 0 Å². The maximum Gasteiger partial charge on any atom is 0.292 e. The Morgan fingerprint density at radius 3 is 2.52 bits per heavy atom. The van der Waals surface area contributed by atoms with Gasteiger partial charge in [-0.2, -0.15) is 0 Å². The SMILES string of the molecule is CCNc1ccc(CN(C)CCCN(C)C)cc1[N+](=O)[O-]. The molecule has 6 heteroatoms. The van der Waals surface area contributed by atoms with E-state index in [4.69, 9.17) is 0 Å². The van der Waals surface area contributed by atoms with Gasteiger partial charge in [-0.05, 0) is 59.2 Å². The summed E-state index contributed by atoms with van der Waals surface area (Å²) in [7, 11) is 6.16. The second-order valence-corrected chi connectivity index (χ2v) is 5.53. The minimum Gasteiger partial charge on any atom is -0.380 e. The molecular weight excluding hydrogens is 268 g/mol. The molecule has 1 aromatic rings. The van der Waals surface area contributed by atoms with E-state index >= 15 is 0 Å². The molecule has 0 heterocycles. The van der Waals surface area contributed by atoms with Crippen molar-refractivity contribution in [2.75, 3.05) is 46.1 Å². The first-order valence-corrected chi connectivity index (χ1v) is 7.28. The van der Waals surface area contributed by atoms with Crippen molar-refractivity contribution >= 4 is 11.4 Å². The molecule has 0 aliphatic rings. The summed E-state index contributed by atoms with van der Waals surface area (Å²) in [5, 5.41) is 14.2. The molecule has 0 aliphatic carbocycles. The van der Waals surface area contributed by atoms with Gasteiger partial charge in [-0.25, -0.2) is 0 Å². The van der Waals surface area contributed by atoms with Crippen molar-refractivity contribution in [2.45, 2.75) is 19.9 Å². The van der Waals surface area contributed by atoms with Crippen molar-refractivity contribution in [3.63, 3.8) is 0 Å². The van der Waals surface area contributed by atoms with Crippen molar-refractivity contribution in [1.29, 1.82) is 0 Å². The van der Waals surface area contributed by atoms with Crippen LogP contribution in [0.3, 0.4) is 0 Å². The number of anilines is 1. The summed E-state index contributed by atoms with van der Waals surface area (Å²) >= 11 is 0. The van der Waals surface area contributed by atoms with E-state index in [2.05, 4.69) is 29.2 Å². The lowest BCUT2D eigenvalue weighted by Crippen LogP contribution is -2.23. The normalized spacial score (nSPS) is 11.1. The fraction of sp³-hybridized carbons (Fsp3) is 0.600. The third-order valence-corrected chi connectivity index (χ3v) is 3.22. The third kappa shape index (κ3) is 6.10. The van der Waals surface area contributed by atoms with Crippen LogP contribution < -0.4 is 5.32 Å². The second-order valence-electron chi connectivity index (χ2n) is 5.53. The first-order chi connectivity index (χ1) is 9.93. The van der Waals surface area contributed by atoms with Gasteiger partial charge in [0.1, 0.15) is 5.69 Å². The van der Waals surface area contributed by atoms with Gasteiger partial charge in [-0.15, -0.1) is 0 Å². The molecule has 0 aromatic heterocycles. The molecule has 0 amide bonds. The van der Waals surface area contributed by atoms with Crippen LogP contribution in [0.15, 0.2) is 18.2 Å². The lowest BCUT2D eigenvalue weighted by atomic mass is 10.1. The van der Waals surface area contributed by atoms with E-state index in [1.807, 2.05) is 20.0 Å². The van der Waals surface area contributed by atoms with Crippen molar-refractivity contribution < 1.29 is 4.92 Å². The molecule has 0 aliphatic heterocycles. The summed E-state index contributed by atoms with van der Waals surface area (Å²) < 4.78 is 0. The van der Waals surface area contributed by atoms with Crippen molar-refractivity contribution in [3.05, 3.63) is 33.9 Å². The number of nitrogens with one attached hydrogen (secondary N) is 1. The van der Waals surface area contributed by atoms with E-state index in [-0.39, 0.29) is 10.6 Å². The Hall–Kier alpha value is -1.66. The fourth-order valence-corrected chi connectivity index (χ4v) is 2.21. The summed E-state index contributed by atoms with van der Waals surface area (Å²) in [6, 6.07) is 5.42. The number of benzene rings is 1. The number of nitro groups is 1. The average Bonchev–Trinajstić information content (AvgIpc) is 2.40. The largest absolute Gasteiger partial charge is 0.380 e. The van der Waals surface area contributed by atoms with E-state index in [1.54, 1.807) is 12.1 Å². The summed E-state index contributed by atoms with van der Waals surface area (Å²) in [6.07, 6.45) is 1.08. The Morgan fingerprint density at radius 2 is 1.95 bits per heavy atom. The number of hydrogen-bond donors (Lipinski definition) is 1. The van der Waals surface area contributed by atoms with Gasteiger partial charge in [0.15, 0.2) is 0 Å². The van der Waals surface area contributed by atoms with Gasteiger partial charge in [0.2, 0.25) is 0 Å². The molecular formula is C15H26N4O2. The second kappa shape index (κ2) is 8.59. The van der Waals surface area contributed by atoms with E-state index < -0.39 is 0 Å². The van der Waals surface area contributed by atoms with Gasteiger partial charge >= 0.3 is 0 Å². The first-order valence-electron chi connectivity index (χ1n) is 7.28. The molecule has 21 heavy (non-hydrogen) atoms. The third-order valence-electron chi connectivity index (χ3n) is 3.22. The maximum atomic E-state index is 11.1. The fourth-order valence-electron chi connectivity index (χ4n) is 2.21. The smallest absolute Gasteiger partial charge is 0.292 e. The van der Waals surface area contributed by atoms with Crippen molar-refractivity contribution in [2.24, 2.45) is 0 Å². The molecule has 0 radical (unpaired) electrons. The van der Waals surface area contributed by atoms with Gasteiger partial charge < -0.3 is 15.1 Å². The highest BCUT2D eigenvalue weighted by molar-refractivity contribution is 5.62. The number of nitro benzene ring substituents is 1. The maximum absolute atomic E-state index is 11.1. The number of nitrogens with zero attached hydrogens (tertiary/aromatic N) is 3. The number of rotatable bonds is 9. The predicted octanol–water partition coefficient (Wildman–Crippen LogP) is 2.41. The van der Waals surface area contributed by atoms with Gasteiger partial charge in [-0.3, -0.25) is 10.1 Å². The topological polar surface area (TPSA) is 61.6 Å². The molecule has 1 N–H and O–H groups in total. The first kappa shape index (κ1) is 17.4. The zero-order chi connectivity index (χ0) is 15.8. The molecule has 1 rings (SSSR count). The highest BCUT2D eigenvalue weighted by Gasteiger charge is 2.14. The molecule has 0 saturated carbocycles. The molecule has 6 nitrogen and oxygen atoms in total. The highest BCUT2D eigenvalue weighted by Crippen LogP contribution is 2.25. The predicted molar refractivity (Wildman–Crippen MR) is 86.8 cm³/mol. The standard InChI is InChI=1S/C15H26N4O2/c1-5-16-14-8-7-13(11-15(14)19(20)21)12-18(4)10-6-9-17(2)3/h7-8,11,16H,5-6,9-10,12H2,1-4H3. The number of hydrogen-bond acceptors (Lipinski definition) is 5. The van der Waals surface area contributed by atoms with Crippen LogP contribution in [0.5, 0.6) is 0 Å². The van der Waals surface area contributed by atoms with Gasteiger partial charge in [0.25, 0.3) is 5.69 Å². The zero-order valence-corrected chi connectivity index (χ0v) is 13.4. The average molecular weight is 294 g/mol. The van der Waals surface area contributed by atoms with Crippen molar-refractivity contribution in [3.8, 4) is 0 Å². The van der Waals surface area contributed by atoms with Gasteiger partial charge in [-0.1, -0.05) is 6.07 Å². The summed E-state index contributed by atoms with van der Waals surface area (Å²) in [5.41, 5.74) is 1.70. The molecule has 1 aromatic carbocycles. The quantitative estimate of drug-likeness (QED) is 0.560. The molecule has 0 saturated heterocycles. The Bertz CT molecular complexity index is 463. The lowest BCUT2D eigenvalue weighted by Gasteiger charge is -2.18. The van der Waals surface area contributed by atoms with E-state index in [1.165, 1.54) is 0 Å². The van der Waals surface area contributed by atoms with Gasteiger partial charge in [0.05, 0.1) is 4.92 Å². The van der Waals surface area contributed by atoms with Crippen molar-refractivity contribution in [1.82, 2.24) is 9.80 Å². The molecule has 0 atom stereocenters. The lowest BCUT2D eigenvalue weighted by molar-refractivity contribution is -0.384. The highest BCUT2D eigenvalue weighted by atomic mass is 16.6. The minimum absolute atomic E-state index is 0.149. The van der Waals surface area contributed by atoms with Crippen LogP contribution >= 0.6 is 0 Å². The monoisotopic (exact) mass is 294 g/mol. The van der Waals surface area contributed by atoms with Crippen LogP contribution in [0, 0.1) is 10.1 Å². The Labute approximate surface area is 126 Å². The summed E-state index contributed by atoms with van der Waals surface area (Å²) in [5.74, 6) is 0. The molecule has 0 bridgehead atoms. The van der Waals surface area contributed by atoms with E-state index in [9.17, 15) is 10.1 Å². The van der Waals surface area contributed by atoms with Gasteiger partial charge in [0, 0.05) is 19.2 Å². The zero-order valence-electron chi connectivity index (χ0n) is 13.4. The molecule has 118 valence electrons. The van der Waals surface area contributed by atoms with Crippen LogP contribution in [0.25, 0.3) is 0 Å². The Morgan fingerprint density at radius 1 is 1.24 bits per heavy atom. The van der Waals surface area contributed by atoms with Crippen LogP contribution in [0.1, 0.15) is 18.9 Å². The van der Waals surface area contributed by atoms with E-state index in [0.29, 0.717) is 12.2 Å². The van der Waals surface area contributed by atoms with Crippen LogP contribution in [0.4, 0.5) is 11.4 Å². The van der Waals surface area contributed by atoms with Crippen LogP contribution in [-0.4, -0.2) is 55.5 Å². The Kier molecular flexibility index (Phi) is 7.11. The summed E-state index contributed by atoms with van der Waals surface area (Å²) in [6.45, 7) is 5.34. The molecule has 0 unspecified atom stereocenters. The molecule has 0 spiro atoms. The summed E-state index contributed by atoms with van der Waals surface area (Å²) in [4.78, 5) is 15.1. The molecule has 0 fully saturated rings. The minimum atomic E-state index is -0.326.